The average molecular weight is 268 g/mol. The van der Waals surface area contributed by atoms with Crippen molar-refractivity contribution in [1.29, 1.82) is 0 Å². The lowest BCUT2D eigenvalue weighted by Crippen LogP contribution is -2.36. The van der Waals surface area contributed by atoms with Crippen molar-refractivity contribution in [2.24, 2.45) is 5.73 Å². The van der Waals surface area contributed by atoms with E-state index in [4.69, 9.17) is 10.5 Å². The van der Waals surface area contributed by atoms with Crippen molar-refractivity contribution in [3.8, 4) is 0 Å². The number of carbonyl (C=O) groups excluding carboxylic acids is 1. The van der Waals surface area contributed by atoms with E-state index in [9.17, 15) is 9.18 Å². The number of benzene rings is 1. The van der Waals surface area contributed by atoms with Crippen molar-refractivity contribution < 1.29 is 13.9 Å². The van der Waals surface area contributed by atoms with Crippen molar-refractivity contribution in [2.45, 2.75) is 39.3 Å². The molecular weight excluding hydrogens is 247 g/mol. The fourth-order valence-electron chi connectivity index (χ4n) is 1.64. The first-order valence-electron chi connectivity index (χ1n) is 6.18. The lowest BCUT2D eigenvalue weighted by molar-refractivity contribution is 0.0524. The molecule has 0 aliphatic carbocycles. The van der Waals surface area contributed by atoms with Crippen LogP contribution >= 0.6 is 0 Å². The number of nitrogens with one attached hydrogen (secondary N) is 1. The van der Waals surface area contributed by atoms with Gasteiger partial charge in [-0.2, -0.15) is 0 Å². The van der Waals surface area contributed by atoms with E-state index in [1.165, 1.54) is 6.07 Å². The van der Waals surface area contributed by atoms with E-state index >= 15 is 0 Å². The van der Waals surface area contributed by atoms with Gasteiger partial charge in [0.1, 0.15) is 11.4 Å². The highest BCUT2D eigenvalue weighted by Gasteiger charge is 2.17. The van der Waals surface area contributed by atoms with Gasteiger partial charge in [-0.05, 0) is 44.9 Å². The van der Waals surface area contributed by atoms with Crippen LogP contribution in [0.25, 0.3) is 0 Å². The zero-order valence-corrected chi connectivity index (χ0v) is 11.8. The summed E-state index contributed by atoms with van der Waals surface area (Å²) in [6.45, 7) is 7.20. The third-order valence-corrected chi connectivity index (χ3v) is 2.57. The van der Waals surface area contributed by atoms with Crippen molar-refractivity contribution in [3.05, 3.63) is 35.1 Å². The van der Waals surface area contributed by atoms with E-state index < -0.39 is 17.7 Å². The van der Waals surface area contributed by atoms with Crippen molar-refractivity contribution in [1.82, 2.24) is 5.32 Å². The number of alkyl carbamates (subject to hydrolysis) is 1. The minimum atomic E-state index is -0.553. The van der Waals surface area contributed by atoms with Gasteiger partial charge < -0.3 is 15.8 Å². The van der Waals surface area contributed by atoms with Crippen LogP contribution in [-0.2, 0) is 4.74 Å². The van der Waals surface area contributed by atoms with Crippen molar-refractivity contribution in [2.75, 3.05) is 6.54 Å². The molecule has 106 valence electrons. The number of nitrogens with two attached hydrogens (primary N) is 1. The van der Waals surface area contributed by atoms with Crippen LogP contribution in [-0.4, -0.2) is 18.2 Å². The molecule has 1 rings (SSSR count). The number of hydrogen-bond acceptors (Lipinski definition) is 3. The minimum Gasteiger partial charge on any atom is -0.444 e. The molecule has 0 aliphatic rings. The summed E-state index contributed by atoms with van der Waals surface area (Å²) in [7, 11) is 0. The van der Waals surface area contributed by atoms with Gasteiger partial charge in [0.2, 0.25) is 0 Å². The molecule has 0 fully saturated rings. The molecule has 1 atom stereocenters. The third kappa shape index (κ3) is 4.87. The summed E-state index contributed by atoms with van der Waals surface area (Å²) in [6.07, 6.45) is -0.531. The van der Waals surface area contributed by atoms with Gasteiger partial charge in [0.25, 0.3) is 0 Å². The van der Waals surface area contributed by atoms with Gasteiger partial charge in [0.15, 0.2) is 0 Å². The molecule has 19 heavy (non-hydrogen) atoms. The van der Waals surface area contributed by atoms with Crippen molar-refractivity contribution in [3.63, 3.8) is 0 Å². The zero-order valence-electron chi connectivity index (χ0n) is 11.8. The minimum absolute atomic E-state index is 0.194. The highest BCUT2D eigenvalue weighted by atomic mass is 19.1. The van der Waals surface area contributed by atoms with Gasteiger partial charge in [-0.25, -0.2) is 9.18 Å². The fourth-order valence-corrected chi connectivity index (χ4v) is 1.64. The number of rotatable bonds is 3. The summed E-state index contributed by atoms with van der Waals surface area (Å²) in [5, 5.41) is 2.58. The quantitative estimate of drug-likeness (QED) is 0.885. The molecule has 0 aliphatic heterocycles. The normalized spacial score (nSPS) is 12.9. The van der Waals surface area contributed by atoms with Crippen molar-refractivity contribution >= 4 is 6.09 Å². The Morgan fingerprint density at radius 2 is 2.11 bits per heavy atom. The number of ether oxygens (including phenoxy) is 1. The monoisotopic (exact) mass is 268 g/mol. The van der Waals surface area contributed by atoms with Gasteiger partial charge in [-0.1, -0.05) is 12.1 Å². The Hall–Kier alpha value is -1.62. The SMILES string of the molecule is Cc1c(F)cccc1C(N)CNC(=O)OC(C)(C)C. The van der Waals surface area contributed by atoms with Crippen LogP contribution in [0.3, 0.4) is 0 Å². The fraction of sp³-hybridized carbons (Fsp3) is 0.500. The Kier molecular flexibility index (Phi) is 4.89. The molecule has 0 saturated heterocycles. The molecule has 1 amide bonds. The van der Waals surface area contributed by atoms with Gasteiger partial charge in [0, 0.05) is 12.6 Å². The van der Waals surface area contributed by atoms with Gasteiger partial charge >= 0.3 is 6.09 Å². The first-order chi connectivity index (χ1) is 8.70. The standard InChI is InChI=1S/C14H21FN2O2/c1-9-10(6-5-7-11(9)15)12(16)8-17-13(18)19-14(2,3)4/h5-7,12H,8,16H2,1-4H3,(H,17,18). The molecular formula is C14H21FN2O2. The number of amides is 1. The van der Waals surface area contributed by atoms with Crippen LogP contribution in [0.2, 0.25) is 0 Å². The van der Waals surface area contributed by atoms with Crippen LogP contribution < -0.4 is 11.1 Å². The van der Waals surface area contributed by atoms with Crippen LogP contribution in [0.15, 0.2) is 18.2 Å². The highest BCUT2D eigenvalue weighted by Crippen LogP contribution is 2.17. The summed E-state index contributed by atoms with van der Waals surface area (Å²) >= 11 is 0. The molecule has 0 radical (unpaired) electrons. The van der Waals surface area contributed by atoms with E-state index in [1.807, 2.05) is 0 Å². The second-order valence-electron chi connectivity index (χ2n) is 5.44. The first kappa shape index (κ1) is 15.4. The Labute approximate surface area is 113 Å². The topological polar surface area (TPSA) is 64.3 Å². The van der Waals surface area contributed by atoms with Crippen LogP contribution in [0.4, 0.5) is 9.18 Å². The Morgan fingerprint density at radius 3 is 2.68 bits per heavy atom. The van der Waals surface area contributed by atoms with Crippen LogP contribution in [0, 0.1) is 12.7 Å². The summed E-state index contributed by atoms with van der Waals surface area (Å²) in [6, 6.07) is 4.26. The van der Waals surface area contributed by atoms with Gasteiger partial charge in [-0.15, -0.1) is 0 Å². The maximum Gasteiger partial charge on any atom is 0.407 e. The number of carbonyl (C=O) groups is 1. The first-order valence-corrected chi connectivity index (χ1v) is 6.18. The Morgan fingerprint density at radius 1 is 1.47 bits per heavy atom. The largest absolute Gasteiger partial charge is 0.444 e. The molecule has 0 saturated carbocycles. The smallest absolute Gasteiger partial charge is 0.407 e. The third-order valence-electron chi connectivity index (χ3n) is 2.57. The average Bonchev–Trinajstić information content (AvgIpc) is 2.27. The highest BCUT2D eigenvalue weighted by molar-refractivity contribution is 5.67. The lowest BCUT2D eigenvalue weighted by atomic mass is 10.0. The van der Waals surface area contributed by atoms with Gasteiger partial charge in [-0.3, -0.25) is 0 Å². The Bertz CT molecular complexity index is 455. The lowest BCUT2D eigenvalue weighted by Gasteiger charge is -2.21. The Balaban J connectivity index is 2.59. The van der Waals surface area contributed by atoms with E-state index in [-0.39, 0.29) is 12.4 Å². The molecule has 3 N–H and O–H groups in total. The van der Waals surface area contributed by atoms with Crippen LogP contribution in [0.5, 0.6) is 0 Å². The predicted molar refractivity (Wildman–Crippen MR) is 72.3 cm³/mol. The zero-order chi connectivity index (χ0) is 14.6. The maximum absolute atomic E-state index is 13.4. The molecule has 0 bridgehead atoms. The molecule has 0 heterocycles. The van der Waals surface area contributed by atoms with E-state index in [1.54, 1.807) is 39.8 Å². The maximum atomic E-state index is 13.4. The predicted octanol–water partition coefficient (Wildman–Crippen LogP) is 2.66. The molecule has 0 aromatic heterocycles. The summed E-state index contributed by atoms with van der Waals surface area (Å²) in [5.74, 6) is -0.301. The van der Waals surface area contributed by atoms with E-state index in [0.717, 1.165) is 0 Å². The molecule has 0 spiro atoms. The van der Waals surface area contributed by atoms with Gasteiger partial charge in [0.05, 0.1) is 0 Å². The molecule has 1 unspecified atom stereocenters. The molecule has 1 aromatic carbocycles. The molecule has 4 nitrogen and oxygen atoms in total. The number of hydrogen-bond donors (Lipinski definition) is 2. The summed E-state index contributed by atoms with van der Waals surface area (Å²) in [4.78, 5) is 11.5. The number of halogens is 1. The molecule has 5 heteroatoms. The summed E-state index contributed by atoms with van der Waals surface area (Å²) < 4.78 is 18.5. The second-order valence-corrected chi connectivity index (χ2v) is 5.44. The van der Waals surface area contributed by atoms with E-state index in [0.29, 0.717) is 11.1 Å². The second kappa shape index (κ2) is 6.02. The summed E-state index contributed by atoms with van der Waals surface area (Å²) in [5.41, 5.74) is 6.57. The van der Waals surface area contributed by atoms with E-state index in [2.05, 4.69) is 5.32 Å². The molecule has 1 aromatic rings. The van der Waals surface area contributed by atoms with Crippen LogP contribution in [0.1, 0.15) is 37.9 Å².